The molecule has 0 bridgehead atoms. The van der Waals surface area contributed by atoms with E-state index in [2.05, 4.69) is 15.0 Å². The van der Waals surface area contributed by atoms with Crippen LogP contribution in [0.2, 0.25) is 15.2 Å². The summed E-state index contributed by atoms with van der Waals surface area (Å²) in [6, 6.07) is 21.0. The van der Waals surface area contributed by atoms with Crippen molar-refractivity contribution in [2.45, 2.75) is 69.4 Å². The number of alkyl halides is 6. The largest absolute Gasteiger partial charge is 0.489 e. The van der Waals surface area contributed by atoms with Crippen LogP contribution in [0.4, 0.5) is 26.3 Å². The Morgan fingerprint density at radius 1 is 0.662 bits per heavy atom. The number of nitrogens with zero attached hydrogens (tertiary/aromatic N) is 3. The normalized spacial score (nSPS) is 14.7. The lowest BCUT2D eigenvalue weighted by molar-refractivity contribution is -0.274. The number of aromatic carboxylic acids is 1. The molecular formula is C46H36Cl3F6N3O7. The lowest BCUT2D eigenvalue weighted by Crippen LogP contribution is -2.51. The average molecular weight is 963 g/mol. The second-order valence-corrected chi connectivity index (χ2v) is 16.1. The molecule has 0 aliphatic rings. The van der Waals surface area contributed by atoms with Crippen LogP contribution in [0.25, 0.3) is 0 Å². The Morgan fingerprint density at radius 2 is 1.18 bits per heavy atom. The summed E-state index contributed by atoms with van der Waals surface area (Å²) < 4.78 is 107. The summed E-state index contributed by atoms with van der Waals surface area (Å²) in [6.07, 6.45) is -7.40. The molecule has 2 unspecified atom stereocenters. The average Bonchev–Trinajstić information content (AvgIpc) is 3.26. The first-order chi connectivity index (χ1) is 30.5. The summed E-state index contributed by atoms with van der Waals surface area (Å²) in [7, 11) is 0. The van der Waals surface area contributed by atoms with E-state index < -0.39 is 58.6 Å². The predicted octanol–water partition coefficient (Wildman–Crippen LogP) is 12.0. The van der Waals surface area contributed by atoms with Gasteiger partial charge in [0.15, 0.2) is 5.60 Å². The van der Waals surface area contributed by atoms with Crippen LogP contribution in [0.1, 0.15) is 85.6 Å². The lowest BCUT2D eigenvalue weighted by atomic mass is 9.78. The molecule has 0 radical (unpaired) electrons. The van der Waals surface area contributed by atoms with Gasteiger partial charge in [0.25, 0.3) is 5.60 Å². The van der Waals surface area contributed by atoms with Gasteiger partial charge in [0.2, 0.25) is 0 Å². The summed E-state index contributed by atoms with van der Waals surface area (Å²) in [5, 5.41) is 19.7. The molecule has 10 nitrogen and oxygen atoms in total. The molecule has 4 aromatic carbocycles. The van der Waals surface area contributed by atoms with Crippen molar-refractivity contribution in [3.8, 4) is 11.5 Å². The van der Waals surface area contributed by atoms with Gasteiger partial charge in [-0.2, -0.15) is 26.3 Å². The molecule has 0 amide bonds. The highest BCUT2D eigenvalue weighted by Crippen LogP contribution is 2.53. The second kappa shape index (κ2) is 19.3. The van der Waals surface area contributed by atoms with E-state index in [0.717, 1.165) is 37.6 Å². The van der Waals surface area contributed by atoms with Gasteiger partial charge in [-0.25, -0.2) is 14.6 Å². The highest BCUT2D eigenvalue weighted by molar-refractivity contribution is 6.32. The maximum absolute atomic E-state index is 15.7. The highest BCUT2D eigenvalue weighted by Gasteiger charge is 2.65. The molecule has 6 rings (SSSR count). The minimum Gasteiger partial charge on any atom is -0.489 e. The number of carbonyl (C=O) groups is 2. The number of benzene rings is 4. The van der Waals surface area contributed by atoms with Gasteiger partial charge in [0.05, 0.1) is 23.0 Å². The van der Waals surface area contributed by atoms with Gasteiger partial charge in [-0.05, 0) is 95.4 Å². The van der Waals surface area contributed by atoms with E-state index in [-0.39, 0.29) is 62.2 Å². The Labute approximate surface area is 382 Å². The number of aliphatic hydroxyl groups is 1. The van der Waals surface area contributed by atoms with E-state index in [0.29, 0.717) is 16.8 Å². The molecule has 0 aliphatic heterocycles. The SMILES string of the molecule is Cc1cnc([C@](OC(=O)c2ccc(COc3ccc(C(C)C(O)(c4ccnc(Cl)c4)C(F)(F)F)c(Cl)c3)cc2)([C@H](C)c2ccc(OCc3ccc(C(=O)O)cc3)cc2Cl)C(F)(F)F)cn1. The molecule has 0 fully saturated rings. The number of rotatable bonds is 15. The van der Waals surface area contributed by atoms with Crippen LogP contribution in [0.3, 0.4) is 0 Å². The van der Waals surface area contributed by atoms with Crippen molar-refractivity contribution in [1.29, 1.82) is 0 Å². The van der Waals surface area contributed by atoms with E-state index in [1.165, 1.54) is 86.6 Å². The molecule has 2 heterocycles. The zero-order valence-corrected chi connectivity index (χ0v) is 36.5. The molecule has 2 N–H and O–H groups in total. The third-order valence-corrected chi connectivity index (χ3v) is 11.6. The molecule has 340 valence electrons. The van der Waals surface area contributed by atoms with E-state index >= 15 is 13.2 Å². The van der Waals surface area contributed by atoms with Crippen LogP contribution < -0.4 is 9.47 Å². The van der Waals surface area contributed by atoms with Gasteiger partial charge >= 0.3 is 24.3 Å². The lowest BCUT2D eigenvalue weighted by Gasteiger charge is -2.39. The number of hydrogen-bond acceptors (Lipinski definition) is 9. The molecular weight excluding hydrogens is 927 g/mol. The van der Waals surface area contributed by atoms with Crippen molar-refractivity contribution in [3.05, 3.63) is 181 Å². The number of aryl methyl sites for hydroxylation is 1. The number of halogens is 9. The van der Waals surface area contributed by atoms with Gasteiger partial charge in [-0.1, -0.05) is 85.0 Å². The van der Waals surface area contributed by atoms with E-state index in [4.69, 9.17) is 54.1 Å². The summed E-state index contributed by atoms with van der Waals surface area (Å²) in [5.41, 5.74) is -7.03. The maximum atomic E-state index is 15.7. The first-order valence-electron chi connectivity index (χ1n) is 19.3. The molecule has 0 aliphatic carbocycles. The molecule has 65 heavy (non-hydrogen) atoms. The second-order valence-electron chi connectivity index (χ2n) is 14.9. The van der Waals surface area contributed by atoms with E-state index in [9.17, 15) is 27.9 Å². The van der Waals surface area contributed by atoms with Crippen molar-refractivity contribution in [2.24, 2.45) is 0 Å². The number of carbonyl (C=O) groups excluding carboxylic acids is 1. The number of ether oxygens (including phenoxy) is 3. The van der Waals surface area contributed by atoms with E-state index in [1.54, 1.807) is 12.1 Å². The molecule has 0 saturated heterocycles. The van der Waals surface area contributed by atoms with Gasteiger partial charge in [-0.15, -0.1) is 0 Å². The fourth-order valence-electron chi connectivity index (χ4n) is 7.05. The monoisotopic (exact) mass is 961 g/mol. The van der Waals surface area contributed by atoms with Gasteiger partial charge in [0.1, 0.15) is 35.6 Å². The number of esters is 1. The van der Waals surface area contributed by atoms with E-state index in [1.807, 2.05) is 0 Å². The molecule has 6 aromatic rings. The number of aromatic nitrogens is 3. The zero-order valence-electron chi connectivity index (χ0n) is 34.2. The van der Waals surface area contributed by atoms with Crippen molar-refractivity contribution >= 4 is 46.7 Å². The Morgan fingerprint density at radius 3 is 1.63 bits per heavy atom. The maximum Gasteiger partial charge on any atom is 0.435 e. The Kier molecular flexibility index (Phi) is 14.4. The van der Waals surface area contributed by atoms with Crippen molar-refractivity contribution in [3.63, 3.8) is 0 Å². The molecule has 0 saturated carbocycles. The smallest absolute Gasteiger partial charge is 0.435 e. The van der Waals surface area contributed by atoms with Crippen molar-refractivity contribution in [1.82, 2.24) is 15.0 Å². The standard InChI is InChI=1S/C46H36Cl3F6N3O7/c1-25-21-58-39(22-57-25)44(46(53,54)55,27(3)36-15-13-34(20-38(36)48)63-23-28-4-8-30(9-5-28)41(59)60)65-42(61)31-10-6-29(7-11-31)24-64-33-12-14-35(37(47)19-33)26(2)43(62,45(50,51)52)32-16-17-56-40(49)18-32/h4-22,26-27,62H,23-24H2,1-3H3,(H,59,60)/t26?,27-,43?,44-/m1/s1. The predicted molar refractivity (Wildman–Crippen MR) is 227 cm³/mol. The summed E-state index contributed by atoms with van der Waals surface area (Å²) in [6.45, 7) is 3.68. The quantitative estimate of drug-likeness (QED) is 0.0580. The number of pyridine rings is 1. The van der Waals surface area contributed by atoms with Crippen LogP contribution >= 0.6 is 34.8 Å². The summed E-state index contributed by atoms with van der Waals surface area (Å²) >= 11 is 18.9. The van der Waals surface area contributed by atoms with Crippen LogP contribution in [-0.4, -0.2) is 49.5 Å². The minimum atomic E-state index is -5.28. The Bertz CT molecular complexity index is 2670. The van der Waals surface area contributed by atoms with Crippen LogP contribution in [0.5, 0.6) is 11.5 Å². The van der Waals surface area contributed by atoms with Crippen molar-refractivity contribution in [2.75, 3.05) is 0 Å². The Hall–Kier alpha value is -5.94. The fourth-order valence-corrected chi connectivity index (χ4v) is 7.90. The van der Waals surface area contributed by atoms with Gasteiger partial charge in [-0.3, -0.25) is 9.97 Å². The fraction of sp³-hybridized carbons (Fsp3) is 0.239. The first kappa shape index (κ1) is 48.5. The minimum absolute atomic E-state index is 0.00902. The molecule has 4 atom stereocenters. The topological polar surface area (TPSA) is 141 Å². The van der Waals surface area contributed by atoms with Crippen LogP contribution in [0, 0.1) is 6.92 Å². The van der Waals surface area contributed by atoms with Gasteiger partial charge in [0, 0.05) is 34.3 Å². The van der Waals surface area contributed by atoms with Crippen molar-refractivity contribution < 1.29 is 60.4 Å². The molecule has 19 heteroatoms. The molecule has 0 spiro atoms. The number of hydrogen-bond donors (Lipinski definition) is 2. The third-order valence-electron chi connectivity index (χ3n) is 10.7. The van der Waals surface area contributed by atoms with Gasteiger partial charge < -0.3 is 24.4 Å². The first-order valence-corrected chi connectivity index (χ1v) is 20.4. The summed E-state index contributed by atoms with van der Waals surface area (Å²) in [4.78, 5) is 36.6. The number of carboxylic acid groups (broad SMARTS) is 1. The third kappa shape index (κ3) is 10.3. The van der Waals surface area contributed by atoms with Crippen LogP contribution in [0.15, 0.2) is 116 Å². The summed E-state index contributed by atoms with van der Waals surface area (Å²) in [5.74, 6) is -5.47. The zero-order chi connectivity index (χ0) is 47.5. The van der Waals surface area contributed by atoms with Crippen LogP contribution in [-0.2, 0) is 29.2 Å². The highest BCUT2D eigenvalue weighted by atomic mass is 35.5. The molecule has 2 aromatic heterocycles. The Balaban J connectivity index is 1.20. The number of carboxylic acids is 1.